The highest BCUT2D eigenvalue weighted by atomic mass is 127. The highest BCUT2D eigenvalue weighted by molar-refractivity contribution is 14.1. The molecule has 1 aromatic carbocycles. The second-order valence-electron chi connectivity index (χ2n) is 7.34. The highest BCUT2D eigenvalue weighted by Gasteiger charge is 2.21. The molecule has 0 saturated heterocycles. The van der Waals surface area contributed by atoms with Crippen LogP contribution in [-0.2, 0) is 11.3 Å². The zero-order chi connectivity index (χ0) is 21.7. The lowest BCUT2D eigenvalue weighted by atomic mass is 10.1. The van der Waals surface area contributed by atoms with Gasteiger partial charge in [0.1, 0.15) is 46.4 Å². The molecule has 0 aliphatic heterocycles. The predicted molar refractivity (Wildman–Crippen MR) is 121 cm³/mol. The van der Waals surface area contributed by atoms with E-state index >= 15 is 0 Å². The monoisotopic (exact) mass is 520 g/mol. The van der Waals surface area contributed by atoms with Crippen molar-refractivity contribution in [1.82, 2.24) is 14.8 Å². The molecule has 0 radical (unpaired) electrons. The van der Waals surface area contributed by atoms with Gasteiger partial charge in [-0.25, -0.2) is 9.78 Å². The van der Waals surface area contributed by atoms with E-state index in [-0.39, 0.29) is 11.6 Å². The van der Waals surface area contributed by atoms with Crippen LogP contribution in [0.5, 0.6) is 5.88 Å². The third-order valence-corrected chi connectivity index (χ3v) is 4.10. The molecule has 9 nitrogen and oxygen atoms in total. The number of benzene rings is 1. The van der Waals surface area contributed by atoms with Gasteiger partial charge in [-0.2, -0.15) is 9.78 Å². The molecule has 10 heteroatoms. The molecule has 0 saturated carbocycles. The fraction of sp³-hybridized carbons (Fsp3) is 0.250. The second kappa shape index (κ2) is 9.20. The van der Waals surface area contributed by atoms with E-state index in [1.165, 1.54) is 12.4 Å². The summed E-state index contributed by atoms with van der Waals surface area (Å²) in [4.78, 5) is 16.6. The maximum Gasteiger partial charge on any atom is 0.435 e. The Morgan fingerprint density at radius 1 is 1.23 bits per heavy atom. The first kappa shape index (κ1) is 21.7. The first-order valence-corrected chi connectivity index (χ1v) is 10.0. The van der Waals surface area contributed by atoms with Gasteiger partial charge < -0.3 is 15.2 Å². The van der Waals surface area contributed by atoms with Crippen LogP contribution in [0.15, 0.2) is 57.4 Å². The van der Waals surface area contributed by atoms with E-state index in [1.54, 1.807) is 49.8 Å². The lowest BCUT2D eigenvalue weighted by Crippen LogP contribution is -2.27. The number of pyridine rings is 1. The molecular formula is C20H21IN6O3. The lowest BCUT2D eigenvalue weighted by molar-refractivity contribution is 0.0514. The molecule has 3 aromatic rings. The number of anilines is 1. The molecule has 0 fully saturated rings. The van der Waals surface area contributed by atoms with Crippen molar-refractivity contribution in [2.24, 2.45) is 8.44 Å². The van der Waals surface area contributed by atoms with Gasteiger partial charge in [-0.15, -0.1) is 8.44 Å². The van der Waals surface area contributed by atoms with Crippen LogP contribution < -0.4 is 10.5 Å². The summed E-state index contributed by atoms with van der Waals surface area (Å²) < 4.78 is 16.0. The van der Waals surface area contributed by atoms with E-state index in [4.69, 9.17) is 15.2 Å². The van der Waals surface area contributed by atoms with E-state index < -0.39 is 11.7 Å². The largest absolute Gasteiger partial charge is 0.471 e. The van der Waals surface area contributed by atoms with Crippen molar-refractivity contribution >= 4 is 40.3 Å². The smallest absolute Gasteiger partial charge is 0.435 e. The zero-order valence-electron chi connectivity index (χ0n) is 16.7. The van der Waals surface area contributed by atoms with E-state index in [1.807, 2.05) is 30.3 Å². The van der Waals surface area contributed by atoms with Crippen molar-refractivity contribution in [2.75, 3.05) is 5.73 Å². The number of hydrogen-bond donors (Lipinski definition) is 1. The summed E-state index contributed by atoms with van der Waals surface area (Å²) in [5.41, 5.74) is 8.39. The summed E-state index contributed by atoms with van der Waals surface area (Å²) in [6, 6.07) is 9.68. The van der Waals surface area contributed by atoms with Gasteiger partial charge in [0.25, 0.3) is 0 Å². The van der Waals surface area contributed by atoms with Gasteiger partial charge in [0.2, 0.25) is 5.88 Å². The first-order chi connectivity index (χ1) is 14.3. The van der Waals surface area contributed by atoms with Crippen LogP contribution in [-0.4, -0.2) is 26.5 Å². The quantitative estimate of drug-likeness (QED) is 0.359. The van der Waals surface area contributed by atoms with Gasteiger partial charge in [-0.05, 0) is 26.3 Å². The normalized spacial score (nSPS) is 11.6. The van der Waals surface area contributed by atoms with Crippen molar-refractivity contribution in [1.29, 1.82) is 0 Å². The Balaban J connectivity index is 1.88. The summed E-state index contributed by atoms with van der Waals surface area (Å²) in [5, 5.41) is 8.20. The number of rotatable bonds is 5. The van der Waals surface area contributed by atoms with Crippen LogP contribution in [0.25, 0.3) is 11.1 Å². The van der Waals surface area contributed by atoms with Gasteiger partial charge in [-0.1, -0.05) is 30.3 Å². The fourth-order valence-corrected chi connectivity index (χ4v) is 2.78. The minimum absolute atomic E-state index is 0.244. The fourth-order valence-electron chi connectivity index (χ4n) is 2.57. The minimum Gasteiger partial charge on any atom is -0.471 e. The molecule has 30 heavy (non-hydrogen) atoms. The summed E-state index contributed by atoms with van der Waals surface area (Å²) >= 11 is 1.76. The minimum atomic E-state index is -0.631. The molecule has 2 N–H and O–H groups in total. The Labute approximate surface area is 187 Å². The average Bonchev–Trinajstić information content (AvgIpc) is 3.18. The van der Waals surface area contributed by atoms with Crippen molar-refractivity contribution < 1.29 is 14.3 Å². The maximum atomic E-state index is 12.2. The molecular weight excluding hydrogens is 499 g/mol. The second-order valence-corrected chi connectivity index (χ2v) is 7.77. The Bertz CT molecular complexity index is 1060. The molecule has 0 amide bonds. The van der Waals surface area contributed by atoms with Gasteiger partial charge in [0, 0.05) is 23.5 Å². The van der Waals surface area contributed by atoms with Gasteiger partial charge in [0.05, 0.1) is 6.20 Å². The Morgan fingerprint density at radius 2 is 1.97 bits per heavy atom. The summed E-state index contributed by atoms with van der Waals surface area (Å²) in [6.45, 7) is 5.67. The van der Waals surface area contributed by atoms with E-state index in [2.05, 4.69) is 18.5 Å². The van der Waals surface area contributed by atoms with Crippen molar-refractivity contribution in [3.05, 3.63) is 54.5 Å². The number of halogens is 1. The molecule has 2 aromatic heterocycles. The van der Waals surface area contributed by atoms with Crippen LogP contribution in [0.4, 0.5) is 16.2 Å². The number of nitrogen functional groups attached to an aromatic ring is 1. The third kappa shape index (κ3) is 5.32. The first-order valence-electron chi connectivity index (χ1n) is 9.04. The Kier molecular flexibility index (Phi) is 6.65. The average molecular weight is 520 g/mol. The number of aromatic nitrogens is 3. The van der Waals surface area contributed by atoms with Crippen molar-refractivity contribution in [3.8, 4) is 17.0 Å². The number of carbonyl (C=O) groups is 1. The van der Waals surface area contributed by atoms with Crippen LogP contribution in [0.3, 0.4) is 0 Å². The van der Waals surface area contributed by atoms with Crippen LogP contribution >= 0.6 is 22.9 Å². The molecule has 2 heterocycles. The maximum absolute atomic E-state index is 12.2. The van der Waals surface area contributed by atoms with E-state index in [0.717, 1.165) is 10.2 Å². The molecule has 0 bridgehead atoms. The van der Waals surface area contributed by atoms with Gasteiger partial charge in [0.15, 0.2) is 0 Å². The number of carbonyl (C=O) groups excluding carboxylic acids is 1. The lowest BCUT2D eigenvalue weighted by Gasteiger charge is -2.18. The van der Waals surface area contributed by atoms with Gasteiger partial charge >= 0.3 is 6.09 Å². The molecule has 3 rings (SSSR count). The van der Waals surface area contributed by atoms with Crippen LogP contribution in [0.1, 0.15) is 26.3 Å². The SMILES string of the molecule is CC(C)(C)OC(=O)n1cc(-c2cnc(OCc3ccccc3)c(N)c2N=NI)cn1. The van der Waals surface area contributed by atoms with E-state index in [0.29, 0.717) is 23.4 Å². The molecule has 0 aliphatic carbocycles. The number of ether oxygens (including phenoxy) is 2. The van der Waals surface area contributed by atoms with Gasteiger partial charge in [-0.3, -0.25) is 0 Å². The third-order valence-electron chi connectivity index (χ3n) is 3.88. The number of hydrogen-bond acceptors (Lipinski definition) is 8. The molecule has 156 valence electrons. The standard InChI is InChI=1S/C20H21IN6O3/c1-20(2,3)30-19(28)27-11-14(9-24-27)15-10-23-18(16(22)17(15)25-26-21)29-12-13-7-5-4-6-8-13/h4-11H,12,22H2,1-3H3. The topological polar surface area (TPSA) is 117 Å². The molecule has 0 atom stereocenters. The van der Waals surface area contributed by atoms with Crippen molar-refractivity contribution in [2.45, 2.75) is 33.0 Å². The predicted octanol–water partition coefficient (Wildman–Crippen LogP) is 5.32. The van der Waals surface area contributed by atoms with Crippen LogP contribution in [0.2, 0.25) is 0 Å². The summed E-state index contributed by atoms with van der Waals surface area (Å²) in [7, 11) is 0. The van der Waals surface area contributed by atoms with Crippen molar-refractivity contribution in [3.63, 3.8) is 0 Å². The summed E-state index contributed by atoms with van der Waals surface area (Å²) in [6.07, 6.45) is 4.01. The molecule has 0 aliphatic rings. The molecule has 0 unspecified atom stereocenters. The summed E-state index contributed by atoms with van der Waals surface area (Å²) in [5.74, 6) is 0.251. The van der Waals surface area contributed by atoms with E-state index in [9.17, 15) is 4.79 Å². The van der Waals surface area contributed by atoms with Crippen LogP contribution in [0, 0.1) is 0 Å². The Morgan fingerprint density at radius 3 is 2.63 bits per heavy atom. The Hall–Kier alpha value is -3.02. The number of nitrogens with zero attached hydrogens (tertiary/aromatic N) is 5. The number of nitrogens with two attached hydrogens (primary N) is 1. The molecule has 0 spiro atoms. The highest BCUT2D eigenvalue weighted by Crippen LogP contribution is 2.39. The zero-order valence-corrected chi connectivity index (χ0v) is 18.9.